The van der Waals surface area contributed by atoms with Gasteiger partial charge in [-0.15, -0.1) is 0 Å². The number of carbonyl (C=O) groups is 1. The molecular weight excluding hydrogens is 173 g/mol. The van der Waals surface area contributed by atoms with Gasteiger partial charge in [-0.1, -0.05) is 6.08 Å². The van der Waals surface area contributed by atoms with Crippen molar-refractivity contribution in [2.75, 3.05) is 6.54 Å². The second-order valence-corrected chi connectivity index (χ2v) is 3.38. The number of allylic oxidation sites excluding steroid dienone is 1. The predicted molar refractivity (Wildman–Crippen MR) is 47.0 cm³/mol. The van der Waals surface area contributed by atoms with Crippen LogP contribution in [-0.4, -0.2) is 23.3 Å². The molecule has 0 amide bonds. The predicted octanol–water partition coefficient (Wildman–Crippen LogP) is 1.23. The third kappa shape index (κ3) is 2.31. The molecule has 1 rings (SSSR count). The summed E-state index contributed by atoms with van der Waals surface area (Å²) in [5, 5.41) is 11.4. The van der Waals surface area contributed by atoms with E-state index in [0.29, 0.717) is 12.2 Å². The van der Waals surface area contributed by atoms with Crippen molar-refractivity contribution in [1.29, 1.82) is 0 Å². The summed E-state index contributed by atoms with van der Waals surface area (Å²) < 4.78 is 13.4. The molecule has 0 atom stereocenters. The quantitative estimate of drug-likeness (QED) is 0.680. The Morgan fingerprint density at radius 2 is 2.31 bits per heavy atom. The molecule has 0 radical (unpaired) electrons. The lowest BCUT2D eigenvalue weighted by molar-refractivity contribution is -0.132. The van der Waals surface area contributed by atoms with Crippen molar-refractivity contribution >= 4 is 5.97 Å². The first-order chi connectivity index (χ1) is 5.91. The lowest BCUT2D eigenvalue weighted by Gasteiger charge is -2.22. The molecule has 3 nitrogen and oxygen atoms in total. The molecule has 0 fully saturated rings. The summed E-state index contributed by atoms with van der Waals surface area (Å²) in [6.45, 7) is 3.13. The minimum Gasteiger partial charge on any atom is -0.478 e. The van der Waals surface area contributed by atoms with E-state index in [-0.39, 0.29) is 5.57 Å². The molecule has 2 N–H and O–H groups in total. The number of hydrogen-bond acceptors (Lipinski definition) is 2. The summed E-state index contributed by atoms with van der Waals surface area (Å²) in [5.74, 6) is -1.02. The largest absolute Gasteiger partial charge is 0.478 e. The maximum absolute atomic E-state index is 13.4. The Balaban J connectivity index is 2.91. The van der Waals surface area contributed by atoms with E-state index in [1.165, 1.54) is 26.0 Å². The Hall–Kier alpha value is -1.32. The first-order valence-corrected chi connectivity index (χ1v) is 3.99. The molecule has 1 heterocycles. The van der Waals surface area contributed by atoms with Gasteiger partial charge in [-0.25, -0.2) is 9.18 Å². The molecule has 72 valence electrons. The zero-order chi connectivity index (χ0) is 10.1. The molecule has 0 unspecified atom stereocenters. The third-order valence-electron chi connectivity index (χ3n) is 1.80. The maximum atomic E-state index is 13.4. The Kier molecular flexibility index (Phi) is 2.40. The van der Waals surface area contributed by atoms with Gasteiger partial charge in [0.2, 0.25) is 0 Å². The van der Waals surface area contributed by atoms with E-state index in [1.54, 1.807) is 0 Å². The SMILES string of the molecule is CC(C)(F)C1=CC(C(=O)O)=CCN1. The van der Waals surface area contributed by atoms with Crippen molar-refractivity contribution in [3.63, 3.8) is 0 Å². The number of halogens is 1. The lowest BCUT2D eigenvalue weighted by atomic mass is 10.0. The number of aliphatic carboxylic acids is 1. The van der Waals surface area contributed by atoms with E-state index >= 15 is 0 Å². The van der Waals surface area contributed by atoms with Crippen LogP contribution in [0.25, 0.3) is 0 Å². The van der Waals surface area contributed by atoms with E-state index in [9.17, 15) is 9.18 Å². The van der Waals surface area contributed by atoms with Gasteiger partial charge in [-0.3, -0.25) is 0 Å². The fourth-order valence-electron chi connectivity index (χ4n) is 1.07. The zero-order valence-corrected chi connectivity index (χ0v) is 7.60. The van der Waals surface area contributed by atoms with Crippen LogP contribution < -0.4 is 5.32 Å². The summed E-state index contributed by atoms with van der Waals surface area (Å²) >= 11 is 0. The van der Waals surface area contributed by atoms with E-state index in [0.717, 1.165) is 0 Å². The topological polar surface area (TPSA) is 49.3 Å². The molecule has 0 saturated heterocycles. The van der Waals surface area contributed by atoms with Gasteiger partial charge in [0.15, 0.2) is 0 Å². The Bertz CT molecular complexity index is 286. The molecule has 4 heteroatoms. The van der Waals surface area contributed by atoms with E-state index in [2.05, 4.69) is 5.32 Å². The highest BCUT2D eigenvalue weighted by atomic mass is 19.1. The number of dihydropyridines is 1. The van der Waals surface area contributed by atoms with Gasteiger partial charge in [0.05, 0.1) is 5.57 Å². The molecule has 0 aromatic rings. The average Bonchev–Trinajstić information content (AvgIpc) is 2.03. The van der Waals surface area contributed by atoms with Gasteiger partial charge >= 0.3 is 5.97 Å². The van der Waals surface area contributed by atoms with E-state index in [1.807, 2.05) is 0 Å². The maximum Gasteiger partial charge on any atom is 0.335 e. The zero-order valence-electron chi connectivity index (χ0n) is 7.60. The smallest absolute Gasteiger partial charge is 0.335 e. The number of nitrogens with one attached hydrogen (secondary N) is 1. The second kappa shape index (κ2) is 3.20. The number of carboxylic acids is 1. The second-order valence-electron chi connectivity index (χ2n) is 3.38. The van der Waals surface area contributed by atoms with Crippen molar-refractivity contribution in [1.82, 2.24) is 5.32 Å². The van der Waals surface area contributed by atoms with Crippen molar-refractivity contribution in [3.8, 4) is 0 Å². The number of hydrogen-bond donors (Lipinski definition) is 2. The van der Waals surface area contributed by atoms with Crippen LogP contribution in [0.4, 0.5) is 4.39 Å². The van der Waals surface area contributed by atoms with Crippen LogP contribution in [-0.2, 0) is 4.79 Å². The molecule has 0 aromatic carbocycles. The molecule has 0 saturated carbocycles. The molecule has 1 aliphatic rings. The van der Waals surface area contributed by atoms with Crippen molar-refractivity contribution in [3.05, 3.63) is 23.4 Å². The Labute approximate surface area is 75.9 Å². The van der Waals surface area contributed by atoms with Crippen LogP contribution in [0.15, 0.2) is 23.4 Å². The van der Waals surface area contributed by atoms with E-state index < -0.39 is 11.6 Å². The minimum atomic E-state index is -1.52. The lowest BCUT2D eigenvalue weighted by Crippen LogP contribution is -2.31. The van der Waals surface area contributed by atoms with Gasteiger partial charge in [-0.2, -0.15) is 0 Å². The Morgan fingerprint density at radius 1 is 1.69 bits per heavy atom. The van der Waals surface area contributed by atoms with Gasteiger partial charge in [0.25, 0.3) is 0 Å². The number of carboxylic acid groups (broad SMARTS) is 1. The van der Waals surface area contributed by atoms with Crippen LogP contribution in [0.5, 0.6) is 0 Å². The fourth-order valence-corrected chi connectivity index (χ4v) is 1.07. The molecule has 0 aliphatic carbocycles. The summed E-state index contributed by atoms with van der Waals surface area (Å²) in [5.41, 5.74) is -1.07. The van der Waals surface area contributed by atoms with Crippen LogP contribution in [0.3, 0.4) is 0 Å². The highest BCUT2D eigenvalue weighted by molar-refractivity contribution is 5.90. The van der Waals surface area contributed by atoms with Crippen LogP contribution >= 0.6 is 0 Å². The summed E-state index contributed by atoms with van der Waals surface area (Å²) in [7, 11) is 0. The molecule has 0 bridgehead atoms. The first kappa shape index (κ1) is 9.77. The third-order valence-corrected chi connectivity index (χ3v) is 1.80. The normalized spacial score (nSPS) is 17.2. The van der Waals surface area contributed by atoms with Crippen molar-refractivity contribution < 1.29 is 14.3 Å². The average molecular weight is 185 g/mol. The number of rotatable bonds is 2. The molecule has 0 aromatic heterocycles. The van der Waals surface area contributed by atoms with Gasteiger partial charge in [0.1, 0.15) is 5.67 Å². The van der Waals surface area contributed by atoms with Crippen LogP contribution in [0.2, 0.25) is 0 Å². The fraction of sp³-hybridized carbons (Fsp3) is 0.444. The van der Waals surface area contributed by atoms with Crippen molar-refractivity contribution in [2.24, 2.45) is 0 Å². The molecule has 1 aliphatic heterocycles. The first-order valence-electron chi connectivity index (χ1n) is 3.99. The van der Waals surface area contributed by atoms with Gasteiger partial charge in [-0.05, 0) is 19.9 Å². The molecule has 0 spiro atoms. The van der Waals surface area contributed by atoms with Crippen LogP contribution in [0.1, 0.15) is 13.8 Å². The standard InChI is InChI=1S/C9H12FNO2/c1-9(2,10)7-5-6(8(12)13)3-4-11-7/h3,5,11H,4H2,1-2H3,(H,12,13). The summed E-state index contributed by atoms with van der Waals surface area (Å²) in [6.07, 6.45) is 2.84. The summed E-state index contributed by atoms with van der Waals surface area (Å²) in [4.78, 5) is 10.6. The monoisotopic (exact) mass is 185 g/mol. The van der Waals surface area contributed by atoms with Gasteiger partial charge in [0, 0.05) is 12.2 Å². The highest BCUT2D eigenvalue weighted by Gasteiger charge is 2.24. The Morgan fingerprint density at radius 3 is 2.77 bits per heavy atom. The molecule has 13 heavy (non-hydrogen) atoms. The highest BCUT2D eigenvalue weighted by Crippen LogP contribution is 2.21. The van der Waals surface area contributed by atoms with Crippen LogP contribution in [0, 0.1) is 0 Å². The van der Waals surface area contributed by atoms with E-state index in [4.69, 9.17) is 5.11 Å². The summed E-state index contributed by atoms with van der Waals surface area (Å²) in [6, 6.07) is 0. The minimum absolute atomic E-state index is 0.138. The number of alkyl halides is 1. The van der Waals surface area contributed by atoms with Crippen molar-refractivity contribution in [2.45, 2.75) is 19.5 Å². The van der Waals surface area contributed by atoms with Gasteiger partial charge < -0.3 is 10.4 Å². The molecular formula is C9H12FNO2.